The number of aromatic nitrogens is 6. The monoisotopic (exact) mass is 576 g/mol. The van der Waals surface area contributed by atoms with Crippen LogP contribution in [0.15, 0.2) is 35.5 Å². The molecule has 214 valence electrons. The van der Waals surface area contributed by atoms with Gasteiger partial charge in [-0.3, -0.25) is 23.7 Å². The highest BCUT2D eigenvalue weighted by atomic mass is 35.5. The summed E-state index contributed by atoms with van der Waals surface area (Å²) in [6.45, 7) is 3.83. The Hall–Kier alpha value is -3.61. The molecular formula is C26H31ClF2N8O3. The lowest BCUT2D eigenvalue weighted by atomic mass is 9.88. The number of aromatic amines is 1. The molecule has 0 aliphatic heterocycles. The third-order valence-electron chi connectivity index (χ3n) is 7.43. The van der Waals surface area contributed by atoms with Gasteiger partial charge in [-0.2, -0.15) is 15.3 Å². The van der Waals surface area contributed by atoms with Crippen LogP contribution < -0.4 is 16.2 Å². The molecule has 2 aliphatic carbocycles. The normalized spacial score (nSPS) is 16.9. The van der Waals surface area contributed by atoms with Crippen LogP contribution in [-0.4, -0.2) is 54.0 Å². The Morgan fingerprint density at radius 1 is 1.18 bits per heavy atom. The predicted octanol–water partition coefficient (Wildman–Crippen LogP) is 3.82. The van der Waals surface area contributed by atoms with Gasteiger partial charge in [-0.15, -0.1) is 0 Å². The third kappa shape index (κ3) is 6.24. The van der Waals surface area contributed by atoms with Gasteiger partial charge in [0, 0.05) is 30.4 Å². The number of H-pyrrole nitrogens is 1. The number of halogens is 3. The fourth-order valence-electron chi connectivity index (χ4n) is 5.33. The summed E-state index contributed by atoms with van der Waals surface area (Å²) in [6, 6.07) is 0.850. The summed E-state index contributed by atoms with van der Waals surface area (Å²) in [5, 5.41) is 19.9. The van der Waals surface area contributed by atoms with Crippen LogP contribution >= 0.6 is 11.6 Å². The van der Waals surface area contributed by atoms with E-state index < -0.39 is 36.4 Å². The summed E-state index contributed by atoms with van der Waals surface area (Å²) < 4.78 is 29.7. The number of nitrogens with one attached hydrogen (secondary N) is 3. The molecular weight excluding hydrogens is 546 g/mol. The number of nitrogens with zero attached hydrogens (tertiary/aromatic N) is 5. The Morgan fingerprint density at radius 2 is 1.88 bits per heavy atom. The van der Waals surface area contributed by atoms with Crippen molar-refractivity contribution in [2.75, 3.05) is 5.32 Å². The van der Waals surface area contributed by atoms with E-state index in [1.807, 2.05) is 13.8 Å². The van der Waals surface area contributed by atoms with Crippen molar-refractivity contribution in [2.45, 2.75) is 70.5 Å². The van der Waals surface area contributed by atoms with Gasteiger partial charge in [0.1, 0.15) is 16.9 Å². The maximum atomic E-state index is 13.7. The zero-order chi connectivity index (χ0) is 28.6. The lowest BCUT2D eigenvalue weighted by Crippen LogP contribution is -2.50. The molecule has 3 heterocycles. The van der Waals surface area contributed by atoms with Crippen molar-refractivity contribution in [3.05, 3.63) is 57.5 Å². The van der Waals surface area contributed by atoms with Crippen LogP contribution in [0, 0.1) is 17.8 Å². The first-order valence-electron chi connectivity index (χ1n) is 13.3. The zero-order valence-electron chi connectivity index (χ0n) is 22.1. The van der Waals surface area contributed by atoms with Gasteiger partial charge in [0.05, 0.1) is 17.9 Å². The molecule has 2 amide bonds. The van der Waals surface area contributed by atoms with Crippen molar-refractivity contribution < 1.29 is 18.4 Å². The van der Waals surface area contributed by atoms with Crippen molar-refractivity contribution in [3.63, 3.8) is 0 Å². The van der Waals surface area contributed by atoms with Gasteiger partial charge in [0.15, 0.2) is 0 Å². The van der Waals surface area contributed by atoms with E-state index in [1.165, 1.54) is 23.1 Å². The topological polar surface area (TPSA) is 140 Å². The molecule has 0 radical (unpaired) electrons. The maximum Gasteiger partial charge on any atom is 0.270 e. The molecule has 2 atom stereocenters. The van der Waals surface area contributed by atoms with E-state index in [0.717, 1.165) is 25.7 Å². The second-order valence-electron chi connectivity index (χ2n) is 10.8. The Morgan fingerprint density at radius 3 is 2.50 bits per heavy atom. The molecule has 3 aromatic rings. The molecule has 0 bridgehead atoms. The van der Waals surface area contributed by atoms with Gasteiger partial charge in [-0.1, -0.05) is 11.6 Å². The van der Waals surface area contributed by atoms with Crippen molar-refractivity contribution in [1.29, 1.82) is 0 Å². The van der Waals surface area contributed by atoms with E-state index in [9.17, 15) is 23.2 Å². The highest BCUT2D eigenvalue weighted by Crippen LogP contribution is 2.51. The van der Waals surface area contributed by atoms with Gasteiger partial charge < -0.3 is 10.6 Å². The number of alkyl halides is 2. The van der Waals surface area contributed by atoms with E-state index in [-0.39, 0.29) is 34.3 Å². The largest absolute Gasteiger partial charge is 0.339 e. The average Bonchev–Trinajstić information content (AvgIpc) is 3.82. The van der Waals surface area contributed by atoms with Crippen molar-refractivity contribution in [2.24, 2.45) is 17.8 Å². The fraction of sp³-hybridized carbons (Fsp3) is 0.538. The summed E-state index contributed by atoms with van der Waals surface area (Å²) >= 11 is 5.89. The molecule has 0 spiro atoms. The molecule has 1 unspecified atom stereocenters. The quantitative estimate of drug-likeness (QED) is 0.299. The molecule has 0 aromatic carbocycles. The number of amides is 2. The first-order chi connectivity index (χ1) is 19.1. The van der Waals surface area contributed by atoms with Crippen LogP contribution in [0.5, 0.6) is 0 Å². The van der Waals surface area contributed by atoms with Gasteiger partial charge in [0.2, 0.25) is 12.3 Å². The van der Waals surface area contributed by atoms with Crippen molar-refractivity contribution >= 4 is 29.1 Å². The molecule has 2 saturated carbocycles. The van der Waals surface area contributed by atoms with Crippen molar-refractivity contribution in [1.82, 2.24) is 35.1 Å². The molecule has 2 aliphatic rings. The predicted molar refractivity (Wildman–Crippen MR) is 142 cm³/mol. The SMILES string of the molecule is CC(C)n1nccc1C(=O)N[C@H](C(=O)Nc1cnn(C(CC(F)F)c2cc(Cl)n[nH]c2=O)c1)C(C1CC1)C1CC1. The van der Waals surface area contributed by atoms with Crippen LogP contribution in [0.3, 0.4) is 0 Å². The van der Waals surface area contributed by atoms with Crippen LogP contribution in [0.4, 0.5) is 14.5 Å². The smallest absolute Gasteiger partial charge is 0.270 e. The van der Waals surface area contributed by atoms with E-state index in [2.05, 4.69) is 31.0 Å². The zero-order valence-corrected chi connectivity index (χ0v) is 22.8. The number of hydrogen-bond acceptors (Lipinski definition) is 6. The Kier molecular flexibility index (Phi) is 8.02. The summed E-state index contributed by atoms with van der Waals surface area (Å²) in [5.74, 6) is -0.125. The number of anilines is 1. The molecule has 0 saturated heterocycles. The summed E-state index contributed by atoms with van der Waals surface area (Å²) in [6.07, 6.45) is 4.82. The van der Waals surface area contributed by atoms with Gasteiger partial charge in [0.25, 0.3) is 11.5 Å². The molecule has 11 nitrogen and oxygen atoms in total. The highest BCUT2D eigenvalue weighted by Gasteiger charge is 2.48. The van der Waals surface area contributed by atoms with E-state index in [4.69, 9.17) is 11.6 Å². The van der Waals surface area contributed by atoms with E-state index in [0.29, 0.717) is 17.5 Å². The molecule has 2 fully saturated rings. The van der Waals surface area contributed by atoms with E-state index in [1.54, 1.807) is 16.9 Å². The average molecular weight is 577 g/mol. The second kappa shape index (κ2) is 11.5. The molecule has 3 N–H and O–H groups in total. The lowest BCUT2D eigenvalue weighted by Gasteiger charge is -2.27. The van der Waals surface area contributed by atoms with Crippen LogP contribution in [0.1, 0.15) is 74.1 Å². The van der Waals surface area contributed by atoms with Crippen LogP contribution in [0.25, 0.3) is 0 Å². The standard InChI is InChI=1S/C26H31ClF2N8O3/c1-13(2)37-18(7-8-30-37)25(39)33-23(22(14-3-4-14)15-5-6-15)26(40)32-16-11-31-36(12-16)19(10-21(28)29)17-9-20(27)34-35-24(17)38/h7-9,11-15,19,21-23H,3-6,10H2,1-2H3,(H,32,40)(H,33,39)(H,35,38)/t19?,23-/m0/s1. The number of carbonyl (C=O) groups excluding carboxylic acids is 2. The summed E-state index contributed by atoms with van der Waals surface area (Å²) in [5.41, 5.74) is -0.0910. The molecule has 3 aromatic heterocycles. The first-order valence-corrected chi connectivity index (χ1v) is 13.7. The second-order valence-corrected chi connectivity index (χ2v) is 11.2. The molecule has 14 heteroatoms. The minimum atomic E-state index is -2.74. The van der Waals surface area contributed by atoms with Gasteiger partial charge >= 0.3 is 0 Å². The fourth-order valence-corrected chi connectivity index (χ4v) is 5.49. The number of carbonyl (C=O) groups is 2. The lowest BCUT2D eigenvalue weighted by molar-refractivity contribution is -0.119. The summed E-state index contributed by atoms with van der Waals surface area (Å²) in [7, 11) is 0. The van der Waals surface area contributed by atoms with Gasteiger partial charge in [-0.05, 0) is 69.4 Å². The Labute approximate surface area is 233 Å². The maximum absolute atomic E-state index is 13.7. The van der Waals surface area contributed by atoms with Gasteiger partial charge in [-0.25, -0.2) is 13.9 Å². The van der Waals surface area contributed by atoms with Crippen LogP contribution in [-0.2, 0) is 4.79 Å². The number of hydrogen-bond donors (Lipinski definition) is 3. The highest BCUT2D eigenvalue weighted by molar-refractivity contribution is 6.29. The van der Waals surface area contributed by atoms with Crippen molar-refractivity contribution in [3.8, 4) is 0 Å². The minimum absolute atomic E-state index is 0.0153. The molecule has 5 rings (SSSR count). The summed E-state index contributed by atoms with van der Waals surface area (Å²) in [4.78, 5) is 39.3. The van der Waals surface area contributed by atoms with Crippen LogP contribution in [0.2, 0.25) is 5.15 Å². The van der Waals surface area contributed by atoms with E-state index >= 15 is 0 Å². The first kappa shape index (κ1) is 27.9. The number of rotatable bonds is 12. The molecule has 40 heavy (non-hydrogen) atoms. The Bertz CT molecular complexity index is 1420. The minimum Gasteiger partial charge on any atom is -0.339 e. The third-order valence-corrected chi connectivity index (χ3v) is 7.62. The Balaban J connectivity index is 1.39.